The second-order valence-corrected chi connectivity index (χ2v) is 11.3. The maximum atomic E-state index is 12.0. The van der Waals surface area contributed by atoms with E-state index < -0.39 is 124 Å². The molecule has 0 aromatic rings. The van der Waals surface area contributed by atoms with Crippen LogP contribution in [0, 0.1) is 0 Å². The first-order valence-electron chi connectivity index (χ1n) is 15.0. The summed E-state index contributed by atoms with van der Waals surface area (Å²) in [6.45, 7) is -2.31. The van der Waals surface area contributed by atoms with Crippen LogP contribution in [0.5, 0.6) is 0 Å². The molecule has 0 aromatic heterocycles. The minimum absolute atomic E-state index is 0.0365. The summed E-state index contributed by atoms with van der Waals surface area (Å²) in [5, 5.41) is 116. The van der Waals surface area contributed by atoms with E-state index >= 15 is 0 Å². The molecule has 3 heterocycles. The number of carbonyl (C=O) groups is 2. The second kappa shape index (κ2) is 18.7. The molecule has 3 rings (SSSR count). The van der Waals surface area contributed by atoms with E-state index in [-0.39, 0.29) is 26.1 Å². The van der Waals surface area contributed by atoms with Crippen molar-refractivity contribution in [3.8, 4) is 0 Å². The van der Waals surface area contributed by atoms with Gasteiger partial charge in [0.05, 0.1) is 26.4 Å². The van der Waals surface area contributed by atoms with Crippen LogP contribution in [0.2, 0.25) is 0 Å². The van der Waals surface area contributed by atoms with Gasteiger partial charge in [0.25, 0.3) is 0 Å². The van der Waals surface area contributed by atoms with E-state index in [1.165, 1.54) is 0 Å². The van der Waals surface area contributed by atoms with Gasteiger partial charge in [-0.15, -0.1) is 0 Å². The molecule has 47 heavy (non-hydrogen) atoms. The second-order valence-electron chi connectivity index (χ2n) is 11.3. The molecule has 274 valence electrons. The van der Waals surface area contributed by atoms with Gasteiger partial charge in [-0.05, 0) is 12.8 Å². The van der Waals surface area contributed by atoms with E-state index in [1.54, 1.807) is 0 Å². The summed E-state index contributed by atoms with van der Waals surface area (Å²) in [4.78, 5) is 22.5. The van der Waals surface area contributed by atoms with Crippen molar-refractivity contribution in [2.75, 3.05) is 39.5 Å². The van der Waals surface area contributed by atoms with Crippen LogP contribution in [0.1, 0.15) is 19.3 Å². The van der Waals surface area contributed by atoms with E-state index in [4.69, 9.17) is 33.5 Å². The Morgan fingerprint density at radius 1 is 0.596 bits per heavy atom. The maximum absolute atomic E-state index is 12.0. The molecule has 13 N–H and O–H groups in total. The maximum Gasteiger partial charge on any atom is 0.314 e. The molecule has 15 atom stereocenters. The lowest BCUT2D eigenvalue weighted by Crippen LogP contribution is -2.65. The molecule has 3 aliphatic rings. The summed E-state index contributed by atoms with van der Waals surface area (Å²) in [7, 11) is 0. The van der Waals surface area contributed by atoms with Gasteiger partial charge in [-0.25, -0.2) is 4.79 Å². The highest BCUT2D eigenvalue weighted by Gasteiger charge is 2.52. The van der Waals surface area contributed by atoms with E-state index in [0.717, 1.165) is 0 Å². The predicted molar refractivity (Wildman–Crippen MR) is 148 cm³/mol. The molecule has 3 fully saturated rings. The lowest BCUT2D eigenvalue weighted by molar-refractivity contribution is -0.365. The van der Waals surface area contributed by atoms with Crippen molar-refractivity contribution < 1.29 is 94.2 Å². The lowest BCUT2D eigenvalue weighted by atomic mass is 9.96. The molecule has 0 aliphatic carbocycles. The molecule has 0 radical (unpaired) electrons. The molecule has 0 unspecified atom stereocenters. The molecule has 2 amide bonds. The third-order valence-electron chi connectivity index (χ3n) is 7.83. The number of aliphatic carboxylic acids is 1. The molecular formula is C26H46N2O19. The Morgan fingerprint density at radius 2 is 1.13 bits per heavy atom. The number of hydrogen-bond acceptors (Lipinski definition) is 18. The third kappa shape index (κ3) is 10.5. The van der Waals surface area contributed by atoms with E-state index in [9.17, 15) is 60.7 Å². The first-order chi connectivity index (χ1) is 22.3. The first kappa shape index (κ1) is 39.5. The van der Waals surface area contributed by atoms with Gasteiger partial charge in [-0.1, -0.05) is 0 Å². The van der Waals surface area contributed by atoms with Gasteiger partial charge in [0.2, 0.25) is 0 Å². The summed E-state index contributed by atoms with van der Waals surface area (Å²) < 4.78 is 32.9. The largest absolute Gasteiger partial charge is 0.481 e. The minimum Gasteiger partial charge on any atom is -0.481 e. The van der Waals surface area contributed by atoms with Crippen LogP contribution in [-0.4, -0.2) is 200 Å². The monoisotopic (exact) mass is 690 g/mol. The van der Waals surface area contributed by atoms with Crippen LogP contribution in [0.4, 0.5) is 4.79 Å². The SMILES string of the molecule is O=C(O)CCCCNC(=O)NCCO[C@@H]1O[C@H](CO[C@H]2O[C@H](CO)[C@@H](O)[C@H](O)[C@@H]2O)[C@@H](O)[C@H](O[C@H]2O[C@H](CO)[C@@H](O)[C@H](O)[C@@H]2O)[C@@H]1O. The van der Waals surface area contributed by atoms with Crippen molar-refractivity contribution in [1.82, 2.24) is 10.6 Å². The van der Waals surface area contributed by atoms with Crippen molar-refractivity contribution in [2.45, 2.75) is 111 Å². The van der Waals surface area contributed by atoms with Crippen molar-refractivity contribution in [1.29, 1.82) is 0 Å². The van der Waals surface area contributed by atoms with Crippen molar-refractivity contribution in [3.05, 3.63) is 0 Å². The summed E-state index contributed by atoms with van der Waals surface area (Å²) in [6, 6.07) is -0.584. The van der Waals surface area contributed by atoms with Gasteiger partial charge in [-0.2, -0.15) is 0 Å². The third-order valence-corrected chi connectivity index (χ3v) is 7.83. The molecular weight excluding hydrogens is 644 g/mol. The van der Waals surface area contributed by atoms with Gasteiger partial charge < -0.3 is 95.2 Å². The van der Waals surface area contributed by atoms with Gasteiger partial charge in [-0.3, -0.25) is 4.79 Å². The van der Waals surface area contributed by atoms with Crippen LogP contribution < -0.4 is 10.6 Å². The fourth-order valence-electron chi connectivity index (χ4n) is 5.07. The number of aliphatic hydroxyl groups excluding tert-OH is 10. The number of rotatable bonds is 16. The number of carboxylic acids is 1. The average molecular weight is 691 g/mol. The van der Waals surface area contributed by atoms with E-state index in [0.29, 0.717) is 12.8 Å². The molecule has 0 aromatic carbocycles. The highest BCUT2D eigenvalue weighted by atomic mass is 16.7. The van der Waals surface area contributed by atoms with E-state index in [2.05, 4.69) is 10.6 Å². The zero-order chi connectivity index (χ0) is 34.8. The fourth-order valence-corrected chi connectivity index (χ4v) is 5.07. The van der Waals surface area contributed by atoms with Gasteiger partial charge in [0.15, 0.2) is 18.9 Å². The van der Waals surface area contributed by atoms with Crippen LogP contribution in [0.3, 0.4) is 0 Å². The number of unbranched alkanes of at least 4 members (excludes halogenated alkanes) is 1. The molecule has 3 saturated heterocycles. The summed E-state index contributed by atoms with van der Waals surface area (Å²) >= 11 is 0. The Morgan fingerprint density at radius 3 is 1.72 bits per heavy atom. The van der Waals surface area contributed by atoms with E-state index in [1.807, 2.05) is 0 Å². The summed E-state index contributed by atoms with van der Waals surface area (Å²) in [5.41, 5.74) is 0. The molecule has 3 aliphatic heterocycles. The normalized spacial score (nSPS) is 40.9. The number of ether oxygens (including phenoxy) is 6. The highest BCUT2D eigenvalue weighted by Crippen LogP contribution is 2.30. The summed E-state index contributed by atoms with van der Waals surface area (Å²) in [5.74, 6) is -0.949. The lowest BCUT2D eigenvalue weighted by Gasteiger charge is -2.46. The molecule has 0 saturated carbocycles. The zero-order valence-corrected chi connectivity index (χ0v) is 25.2. The number of amides is 2. The zero-order valence-electron chi connectivity index (χ0n) is 25.2. The topological polar surface area (TPSA) is 336 Å². The quantitative estimate of drug-likeness (QED) is 0.0669. The Bertz CT molecular complexity index is 963. The number of carboxylic acid groups (broad SMARTS) is 1. The predicted octanol–water partition coefficient (Wildman–Crippen LogP) is -6.99. The smallest absolute Gasteiger partial charge is 0.314 e. The Hall–Kier alpha value is -1.90. The number of aliphatic hydroxyl groups is 10. The summed E-state index contributed by atoms with van der Waals surface area (Å²) in [6.07, 6.45) is -24.4. The van der Waals surface area contributed by atoms with Crippen LogP contribution in [0.25, 0.3) is 0 Å². The number of carbonyl (C=O) groups excluding carboxylic acids is 1. The van der Waals surface area contributed by atoms with Gasteiger partial charge in [0.1, 0.15) is 73.2 Å². The fraction of sp³-hybridized carbons (Fsp3) is 0.923. The molecule has 21 nitrogen and oxygen atoms in total. The Balaban J connectivity index is 1.64. The average Bonchev–Trinajstić information content (AvgIpc) is 3.04. The minimum atomic E-state index is -1.90. The number of urea groups is 1. The first-order valence-corrected chi connectivity index (χ1v) is 15.0. The number of hydrogen-bond donors (Lipinski definition) is 13. The number of nitrogens with one attached hydrogen (secondary N) is 2. The Labute approximate surface area is 268 Å². The van der Waals surface area contributed by atoms with Crippen LogP contribution in [-0.2, 0) is 33.2 Å². The molecule has 21 heteroatoms. The molecule has 0 spiro atoms. The van der Waals surface area contributed by atoms with Crippen molar-refractivity contribution >= 4 is 12.0 Å². The highest BCUT2D eigenvalue weighted by molar-refractivity contribution is 5.73. The van der Waals surface area contributed by atoms with Crippen molar-refractivity contribution in [3.63, 3.8) is 0 Å². The van der Waals surface area contributed by atoms with Crippen molar-refractivity contribution in [2.24, 2.45) is 0 Å². The van der Waals surface area contributed by atoms with Crippen LogP contribution >= 0.6 is 0 Å². The standard InChI is InChI=1S/C26H46N2O19/c29-7-10-14(33)17(36)19(38)23(44-10)43-9-12-16(35)22(47-25-20(39)18(37)15(34)11(8-30)45-25)21(40)24(46-12)42-6-5-28-26(41)27-4-2-1-3-13(31)32/h10-12,14-25,29-30,33-40H,1-9H2,(H,31,32)(H2,27,28,41)/t10-,11-,12-,14-,15-,16-,17+,18+,19+,20+,21+,22+,23+,24-,25-/m1/s1. The van der Waals surface area contributed by atoms with Gasteiger partial charge >= 0.3 is 12.0 Å². The molecule has 0 bridgehead atoms. The Kier molecular flexibility index (Phi) is 15.8. The van der Waals surface area contributed by atoms with Crippen LogP contribution in [0.15, 0.2) is 0 Å². The van der Waals surface area contributed by atoms with Gasteiger partial charge in [0, 0.05) is 19.5 Å².